The average Bonchev–Trinajstić information content (AvgIpc) is 2.90. The monoisotopic (exact) mass is 438 g/mol. The van der Waals surface area contributed by atoms with Crippen LogP contribution in [0, 0.1) is 0 Å². The van der Waals surface area contributed by atoms with Gasteiger partial charge in [-0.25, -0.2) is 17.6 Å². The number of alkyl halides is 4. The quantitative estimate of drug-likeness (QED) is 0.632. The van der Waals surface area contributed by atoms with Gasteiger partial charge in [-0.15, -0.1) is 0 Å². The summed E-state index contributed by atoms with van der Waals surface area (Å²) in [6.45, 7) is 0.839. The molecule has 0 amide bonds. The molecule has 0 radical (unpaired) electrons. The van der Waals surface area contributed by atoms with Crippen LogP contribution >= 0.6 is 0 Å². The van der Waals surface area contributed by atoms with Crippen LogP contribution in [-0.4, -0.2) is 72.5 Å². The molecule has 1 aromatic rings. The van der Waals surface area contributed by atoms with Crippen molar-refractivity contribution in [3.8, 4) is 5.75 Å². The Balaban J connectivity index is 0.000000348. The Hall–Kier alpha value is -1.42. The summed E-state index contributed by atoms with van der Waals surface area (Å²) in [5.74, 6) is -5.21. The van der Waals surface area contributed by atoms with E-state index in [-0.39, 0.29) is 26.8 Å². The molecule has 0 spiro atoms. The molecule has 2 saturated heterocycles. The van der Waals surface area contributed by atoms with Crippen molar-refractivity contribution >= 4 is 0 Å². The van der Waals surface area contributed by atoms with Gasteiger partial charge >= 0.3 is 0 Å². The van der Waals surface area contributed by atoms with Crippen LogP contribution in [0.15, 0.2) is 24.3 Å². The molecule has 2 fully saturated rings. The molecule has 1 aromatic carbocycles. The van der Waals surface area contributed by atoms with Crippen LogP contribution < -0.4 is 10.1 Å². The molecule has 2 atom stereocenters. The largest absolute Gasteiger partial charge is 0.497 e. The van der Waals surface area contributed by atoms with Gasteiger partial charge < -0.3 is 20.3 Å². The summed E-state index contributed by atoms with van der Waals surface area (Å²) in [5, 5.41) is 20.8. The van der Waals surface area contributed by atoms with Crippen LogP contribution in [0.3, 0.4) is 0 Å². The highest BCUT2D eigenvalue weighted by atomic mass is 19.3. The van der Waals surface area contributed by atoms with Gasteiger partial charge in [0.05, 0.1) is 20.2 Å². The maximum Gasteiger partial charge on any atom is 0.285 e. The Bertz CT molecular complexity index is 617. The highest BCUT2D eigenvalue weighted by Crippen LogP contribution is 2.28. The van der Waals surface area contributed by atoms with Crippen LogP contribution in [0.1, 0.15) is 38.7 Å². The van der Waals surface area contributed by atoms with Gasteiger partial charge in [0.15, 0.2) is 0 Å². The zero-order chi connectivity index (χ0) is 21.5. The fraction of sp³-hybridized carbons (Fsp3) is 0.714. The molecule has 2 aliphatic rings. The first-order valence-electron chi connectivity index (χ1n) is 9.82. The number of halogens is 4. The van der Waals surface area contributed by atoms with Gasteiger partial charge in [0, 0.05) is 6.54 Å². The summed E-state index contributed by atoms with van der Waals surface area (Å²) in [6.07, 6.45) is -1.41. The van der Waals surface area contributed by atoms with Gasteiger partial charge in [-0.05, 0) is 56.5 Å². The Kier molecular flexibility index (Phi) is 10.5. The predicted octanol–water partition coefficient (Wildman–Crippen LogP) is 3.29. The van der Waals surface area contributed by atoms with Gasteiger partial charge in [-0.1, -0.05) is 19.6 Å². The van der Waals surface area contributed by atoms with Gasteiger partial charge in [-0.2, -0.15) is 0 Å². The molecule has 3 rings (SSSR count). The molecule has 0 bridgehead atoms. The molecule has 30 heavy (non-hydrogen) atoms. The topological polar surface area (TPSA) is 65.0 Å². The summed E-state index contributed by atoms with van der Waals surface area (Å²) in [5.41, 5.74) is 0.966. The number of ether oxygens (including phenoxy) is 1. The molecule has 0 aromatic heterocycles. The number of methoxy groups -OCH3 is 1. The van der Waals surface area contributed by atoms with E-state index in [2.05, 4.69) is 5.32 Å². The maximum absolute atomic E-state index is 13.6. The van der Waals surface area contributed by atoms with Crippen molar-refractivity contribution in [2.45, 2.75) is 63.7 Å². The lowest BCUT2D eigenvalue weighted by Gasteiger charge is -2.25. The summed E-state index contributed by atoms with van der Waals surface area (Å²) in [4.78, 5) is 1.69. The number of benzene rings is 1. The van der Waals surface area contributed by atoms with Crippen molar-refractivity contribution in [1.82, 2.24) is 10.2 Å². The molecule has 2 unspecified atom stereocenters. The van der Waals surface area contributed by atoms with Crippen LogP contribution in [0.2, 0.25) is 0 Å². The summed E-state index contributed by atoms with van der Waals surface area (Å²) in [6, 6.07) is 7.39. The van der Waals surface area contributed by atoms with Crippen molar-refractivity contribution in [1.29, 1.82) is 0 Å². The number of aliphatic hydroxyl groups is 2. The minimum atomic E-state index is -3.02. The van der Waals surface area contributed by atoms with E-state index >= 15 is 0 Å². The molecule has 2 heterocycles. The van der Waals surface area contributed by atoms with Gasteiger partial charge in [0.25, 0.3) is 11.8 Å². The third-order valence-electron chi connectivity index (χ3n) is 5.12. The highest BCUT2D eigenvalue weighted by Gasteiger charge is 2.41. The Morgan fingerprint density at radius 3 is 2.27 bits per heavy atom. The number of hydrogen-bond acceptors (Lipinski definition) is 5. The Labute approximate surface area is 176 Å². The second kappa shape index (κ2) is 11.8. The number of likely N-dealkylation sites (tertiary alicyclic amines) is 1. The number of aliphatic hydroxyl groups excluding tert-OH is 2. The van der Waals surface area contributed by atoms with E-state index in [0.717, 1.165) is 11.3 Å². The lowest BCUT2D eigenvalue weighted by atomic mass is 10.1. The smallest absolute Gasteiger partial charge is 0.285 e. The molecule has 0 saturated carbocycles. The fourth-order valence-corrected chi connectivity index (χ4v) is 3.33. The van der Waals surface area contributed by atoms with Crippen molar-refractivity contribution in [3.63, 3.8) is 0 Å². The third-order valence-corrected chi connectivity index (χ3v) is 5.12. The highest BCUT2D eigenvalue weighted by molar-refractivity contribution is 5.27. The van der Waals surface area contributed by atoms with E-state index in [4.69, 9.17) is 9.84 Å². The van der Waals surface area contributed by atoms with Gasteiger partial charge in [0.2, 0.25) is 0 Å². The summed E-state index contributed by atoms with van der Waals surface area (Å²) in [7, 11) is 1.59. The van der Waals surface area contributed by atoms with Crippen molar-refractivity contribution in [2.24, 2.45) is 0 Å². The minimum Gasteiger partial charge on any atom is -0.497 e. The lowest BCUT2D eigenvalue weighted by Crippen LogP contribution is -2.41. The van der Waals surface area contributed by atoms with Crippen molar-refractivity contribution in [3.05, 3.63) is 29.8 Å². The van der Waals surface area contributed by atoms with Crippen LogP contribution in [0.25, 0.3) is 0 Å². The van der Waals surface area contributed by atoms with Crippen molar-refractivity contribution < 1.29 is 32.5 Å². The van der Waals surface area contributed by atoms with Crippen LogP contribution in [0.4, 0.5) is 17.6 Å². The second-order valence-electron chi connectivity index (χ2n) is 7.57. The molecule has 5 nitrogen and oxygen atoms in total. The molecule has 3 N–H and O–H groups in total. The number of nitrogens with zero attached hydrogens (tertiary/aromatic N) is 1. The molecule has 0 aliphatic carbocycles. The lowest BCUT2D eigenvalue weighted by molar-refractivity contribution is -0.117. The summed E-state index contributed by atoms with van der Waals surface area (Å²) < 4.78 is 57.4. The molecule has 2 aliphatic heterocycles. The average molecular weight is 439 g/mol. The van der Waals surface area contributed by atoms with E-state index in [0.29, 0.717) is 32.5 Å². The second-order valence-corrected chi connectivity index (χ2v) is 7.57. The van der Waals surface area contributed by atoms with E-state index < -0.39 is 30.6 Å². The van der Waals surface area contributed by atoms with Crippen molar-refractivity contribution in [2.75, 3.05) is 33.3 Å². The minimum absolute atomic E-state index is 0. The van der Waals surface area contributed by atoms with E-state index in [1.54, 1.807) is 12.0 Å². The standard InChI is InChI=1S/C14H19F2NO2.C6H11F2NO.CH4/c1-19-12-6-4-11(5-7-12)9-17-8-2-3-13(18)14(15,16)10-17;7-6(8)4-9-3-1-2-5(6)10;/h4-7,13,18H,2-3,8-10H2,1H3;5,9-10H,1-4H2;1H4. The van der Waals surface area contributed by atoms with E-state index in [9.17, 15) is 22.7 Å². The van der Waals surface area contributed by atoms with Crippen LogP contribution in [0.5, 0.6) is 5.75 Å². The molecule has 9 heteroatoms. The molecule has 174 valence electrons. The normalized spacial score (nSPS) is 26.2. The summed E-state index contributed by atoms with van der Waals surface area (Å²) >= 11 is 0. The van der Waals surface area contributed by atoms with Crippen LogP contribution in [-0.2, 0) is 6.54 Å². The first kappa shape index (κ1) is 26.6. The molecular weight excluding hydrogens is 404 g/mol. The number of hydrogen-bond donors (Lipinski definition) is 3. The number of rotatable bonds is 3. The molecular formula is C21H34F4N2O3. The number of nitrogens with one attached hydrogen (secondary N) is 1. The van der Waals surface area contributed by atoms with Gasteiger partial charge in [0.1, 0.15) is 18.0 Å². The fourth-order valence-electron chi connectivity index (χ4n) is 3.33. The Morgan fingerprint density at radius 1 is 1.03 bits per heavy atom. The maximum atomic E-state index is 13.6. The Morgan fingerprint density at radius 2 is 1.63 bits per heavy atom. The zero-order valence-corrected chi connectivity index (χ0v) is 16.6. The zero-order valence-electron chi connectivity index (χ0n) is 16.6. The van der Waals surface area contributed by atoms with E-state index in [1.165, 1.54) is 0 Å². The third kappa shape index (κ3) is 8.02. The first-order chi connectivity index (χ1) is 13.6. The SMILES string of the molecule is C.COc1ccc(CN2CCCC(O)C(F)(F)C2)cc1.OC1CCCNCC1(F)F. The first-order valence-corrected chi connectivity index (χ1v) is 9.82. The van der Waals surface area contributed by atoms with E-state index in [1.807, 2.05) is 24.3 Å². The van der Waals surface area contributed by atoms with Gasteiger partial charge in [-0.3, -0.25) is 4.90 Å². The predicted molar refractivity (Wildman–Crippen MR) is 108 cm³/mol.